The van der Waals surface area contributed by atoms with Gasteiger partial charge in [0.2, 0.25) is 0 Å². The highest BCUT2D eigenvalue weighted by Crippen LogP contribution is 2.12. The monoisotopic (exact) mass is 350 g/mol. The predicted molar refractivity (Wildman–Crippen MR) is 86.0 cm³/mol. The van der Waals surface area contributed by atoms with Crippen LogP contribution in [0.4, 0.5) is 0 Å². The van der Waals surface area contributed by atoms with Crippen LogP contribution in [0.2, 0.25) is 0 Å². The first-order chi connectivity index (χ1) is 11.0. The summed E-state index contributed by atoms with van der Waals surface area (Å²) in [7, 11) is -0.558. The molecule has 0 heterocycles. The van der Waals surface area contributed by atoms with E-state index in [1.165, 1.54) is 12.1 Å². The first-order valence-corrected chi connectivity index (χ1v) is 8.51. The highest BCUT2D eigenvalue weighted by atomic mass is 32.2. The second-order valence-corrected chi connectivity index (χ2v) is 6.03. The summed E-state index contributed by atoms with van der Waals surface area (Å²) >= 11 is 0. The van der Waals surface area contributed by atoms with E-state index in [2.05, 4.69) is 4.74 Å². The SMILES string of the molecule is COCCO.COCCOCCOS(=O)(=O)c1ccc(C)cc1. The third-order valence-electron chi connectivity index (χ3n) is 2.50. The Morgan fingerprint density at radius 3 is 1.96 bits per heavy atom. The molecule has 0 saturated carbocycles. The van der Waals surface area contributed by atoms with Gasteiger partial charge in [0.25, 0.3) is 10.1 Å². The van der Waals surface area contributed by atoms with E-state index in [1.807, 2.05) is 6.92 Å². The van der Waals surface area contributed by atoms with Gasteiger partial charge in [0.05, 0.1) is 44.5 Å². The minimum Gasteiger partial charge on any atom is -0.394 e. The third-order valence-corrected chi connectivity index (χ3v) is 3.83. The maximum Gasteiger partial charge on any atom is 0.297 e. The molecule has 7 nitrogen and oxygen atoms in total. The number of aryl methyl sites for hydroxylation is 1. The van der Waals surface area contributed by atoms with Crippen LogP contribution >= 0.6 is 0 Å². The summed E-state index contributed by atoms with van der Waals surface area (Å²) in [4.78, 5) is 0.157. The lowest BCUT2D eigenvalue weighted by Crippen LogP contribution is -2.13. The molecular formula is C15H26O7S. The Labute approximate surface area is 138 Å². The summed E-state index contributed by atoms with van der Waals surface area (Å²) in [5, 5.41) is 7.94. The van der Waals surface area contributed by atoms with E-state index in [-0.39, 0.29) is 24.7 Å². The van der Waals surface area contributed by atoms with Crippen molar-refractivity contribution in [2.24, 2.45) is 0 Å². The highest BCUT2D eigenvalue weighted by Gasteiger charge is 2.14. The van der Waals surface area contributed by atoms with Crippen LogP contribution in [-0.4, -0.2) is 67.4 Å². The van der Waals surface area contributed by atoms with Crippen LogP contribution in [0.25, 0.3) is 0 Å². The van der Waals surface area contributed by atoms with Crippen molar-refractivity contribution in [2.75, 3.05) is 53.9 Å². The quantitative estimate of drug-likeness (QED) is 0.497. The molecule has 0 saturated heterocycles. The van der Waals surface area contributed by atoms with E-state index >= 15 is 0 Å². The van der Waals surface area contributed by atoms with Gasteiger partial charge in [0.1, 0.15) is 0 Å². The third kappa shape index (κ3) is 11.2. The Kier molecular flexibility index (Phi) is 12.8. The fraction of sp³-hybridized carbons (Fsp3) is 0.600. The topological polar surface area (TPSA) is 91.3 Å². The van der Waals surface area contributed by atoms with Crippen LogP contribution in [0.15, 0.2) is 29.2 Å². The molecule has 0 fully saturated rings. The number of benzene rings is 1. The Hall–Kier alpha value is -1.03. The van der Waals surface area contributed by atoms with E-state index in [9.17, 15) is 8.42 Å². The number of hydrogen-bond donors (Lipinski definition) is 1. The molecule has 1 rings (SSSR count). The van der Waals surface area contributed by atoms with Crippen molar-refractivity contribution in [1.29, 1.82) is 0 Å². The summed E-state index contributed by atoms with van der Waals surface area (Å²) in [6.07, 6.45) is 0. The summed E-state index contributed by atoms with van der Waals surface area (Å²) < 4.78 is 42.6. The smallest absolute Gasteiger partial charge is 0.297 e. The molecule has 0 aliphatic rings. The lowest BCUT2D eigenvalue weighted by Gasteiger charge is -2.06. The summed E-state index contributed by atoms with van der Waals surface area (Å²) in [6, 6.07) is 6.50. The average Bonchev–Trinajstić information content (AvgIpc) is 2.52. The standard InChI is InChI=1S/C12H18O5S.C3H8O2/c1-11-3-5-12(6-4-11)18(13,14)17-10-9-16-8-7-15-2;1-5-3-2-4/h3-6H,7-10H2,1-2H3;4H,2-3H2,1H3. The van der Waals surface area contributed by atoms with Gasteiger partial charge in [-0.15, -0.1) is 0 Å². The number of rotatable bonds is 10. The van der Waals surface area contributed by atoms with Gasteiger partial charge >= 0.3 is 0 Å². The van der Waals surface area contributed by atoms with Gasteiger partial charge in [-0.25, -0.2) is 0 Å². The van der Waals surface area contributed by atoms with E-state index in [1.54, 1.807) is 26.4 Å². The first-order valence-electron chi connectivity index (χ1n) is 7.10. The molecule has 0 unspecified atom stereocenters. The van der Waals surface area contributed by atoms with Crippen molar-refractivity contribution in [1.82, 2.24) is 0 Å². The molecule has 8 heteroatoms. The number of ether oxygens (including phenoxy) is 3. The van der Waals surface area contributed by atoms with Crippen LogP contribution in [-0.2, 0) is 28.5 Å². The Morgan fingerprint density at radius 2 is 1.48 bits per heavy atom. The molecule has 23 heavy (non-hydrogen) atoms. The molecule has 0 spiro atoms. The van der Waals surface area contributed by atoms with Gasteiger partial charge in [-0.3, -0.25) is 4.18 Å². The fourth-order valence-electron chi connectivity index (χ4n) is 1.31. The molecule has 0 radical (unpaired) electrons. The summed E-state index contributed by atoms with van der Waals surface area (Å²) in [6.45, 7) is 3.57. The minimum atomic E-state index is -3.68. The van der Waals surface area contributed by atoms with Gasteiger partial charge in [-0.05, 0) is 19.1 Å². The molecule has 134 valence electrons. The fourth-order valence-corrected chi connectivity index (χ4v) is 2.20. The summed E-state index contributed by atoms with van der Waals surface area (Å²) in [5.74, 6) is 0. The highest BCUT2D eigenvalue weighted by molar-refractivity contribution is 7.86. The number of hydrogen-bond acceptors (Lipinski definition) is 7. The number of aliphatic hydroxyl groups is 1. The molecule has 1 aromatic rings. The molecule has 0 atom stereocenters. The zero-order chi connectivity index (χ0) is 17.6. The van der Waals surface area contributed by atoms with E-state index in [0.717, 1.165) is 5.56 Å². The zero-order valence-electron chi connectivity index (χ0n) is 13.9. The van der Waals surface area contributed by atoms with E-state index in [4.69, 9.17) is 18.8 Å². The van der Waals surface area contributed by atoms with Gasteiger partial charge in [-0.2, -0.15) is 8.42 Å². The van der Waals surface area contributed by atoms with E-state index in [0.29, 0.717) is 19.8 Å². The Bertz CT molecular complexity index is 483. The molecule has 0 aliphatic carbocycles. The van der Waals surface area contributed by atoms with Crippen LogP contribution in [0.3, 0.4) is 0 Å². The lowest BCUT2D eigenvalue weighted by atomic mass is 10.2. The second-order valence-electron chi connectivity index (χ2n) is 4.41. The molecule has 0 aromatic heterocycles. The maximum absolute atomic E-state index is 11.7. The zero-order valence-corrected chi connectivity index (χ0v) is 14.7. The van der Waals surface area contributed by atoms with Gasteiger partial charge in [0, 0.05) is 14.2 Å². The average molecular weight is 350 g/mol. The predicted octanol–water partition coefficient (Wildman–Crippen LogP) is 0.988. The normalized spacial score (nSPS) is 11.0. The molecule has 0 bridgehead atoms. The molecular weight excluding hydrogens is 324 g/mol. The maximum atomic E-state index is 11.7. The minimum absolute atomic E-state index is 0.0000753. The van der Waals surface area contributed by atoms with Crippen molar-refractivity contribution in [3.05, 3.63) is 29.8 Å². The van der Waals surface area contributed by atoms with Crippen molar-refractivity contribution in [3.8, 4) is 0 Å². The van der Waals surface area contributed by atoms with Gasteiger partial charge in [-0.1, -0.05) is 17.7 Å². The summed E-state index contributed by atoms with van der Waals surface area (Å²) in [5.41, 5.74) is 0.997. The van der Waals surface area contributed by atoms with E-state index < -0.39 is 10.1 Å². The molecule has 0 amide bonds. The van der Waals surface area contributed by atoms with Crippen molar-refractivity contribution >= 4 is 10.1 Å². The Balaban J connectivity index is 0.000000841. The van der Waals surface area contributed by atoms with Crippen molar-refractivity contribution < 1.29 is 31.9 Å². The van der Waals surface area contributed by atoms with Crippen LogP contribution < -0.4 is 0 Å². The molecule has 0 aliphatic heterocycles. The Morgan fingerprint density at radius 1 is 0.913 bits per heavy atom. The lowest BCUT2D eigenvalue weighted by molar-refractivity contribution is 0.0554. The molecule has 1 N–H and O–H groups in total. The number of methoxy groups -OCH3 is 2. The second kappa shape index (κ2) is 13.4. The molecule has 1 aromatic carbocycles. The number of aliphatic hydroxyl groups excluding tert-OH is 1. The van der Waals surface area contributed by atoms with Crippen molar-refractivity contribution in [3.63, 3.8) is 0 Å². The van der Waals surface area contributed by atoms with Crippen LogP contribution in [0.5, 0.6) is 0 Å². The van der Waals surface area contributed by atoms with Crippen LogP contribution in [0.1, 0.15) is 5.56 Å². The first kappa shape index (κ1) is 22.0. The van der Waals surface area contributed by atoms with Crippen LogP contribution in [0, 0.1) is 6.92 Å². The van der Waals surface area contributed by atoms with Gasteiger partial charge < -0.3 is 19.3 Å². The largest absolute Gasteiger partial charge is 0.394 e. The van der Waals surface area contributed by atoms with Crippen molar-refractivity contribution in [2.45, 2.75) is 11.8 Å². The van der Waals surface area contributed by atoms with Gasteiger partial charge in [0.15, 0.2) is 0 Å².